The van der Waals surface area contributed by atoms with Crippen LogP contribution in [0.4, 0.5) is 4.39 Å². The summed E-state index contributed by atoms with van der Waals surface area (Å²) in [6.45, 7) is 0.309. The third-order valence-electron chi connectivity index (χ3n) is 6.40. The van der Waals surface area contributed by atoms with Crippen LogP contribution in [0.2, 0.25) is 0 Å². The highest BCUT2D eigenvalue weighted by atomic mass is 19.1. The lowest BCUT2D eigenvalue weighted by molar-refractivity contribution is -0.142. The van der Waals surface area contributed by atoms with Gasteiger partial charge in [0.15, 0.2) is 0 Å². The number of piperidine rings is 1. The van der Waals surface area contributed by atoms with Crippen molar-refractivity contribution in [1.29, 1.82) is 0 Å². The molecule has 4 nitrogen and oxygen atoms in total. The molecular formula is C22H27FN2O2. The van der Waals surface area contributed by atoms with Crippen LogP contribution in [-0.2, 0) is 16.1 Å². The quantitative estimate of drug-likeness (QED) is 0.869. The van der Waals surface area contributed by atoms with Gasteiger partial charge in [0.05, 0.1) is 5.41 Å². The molecule has 1 aromatic rings. The fourth-order valence-electron chi connectivity index (χ4n) is 5.03. The Morgan fingerprint density at radius 2 is 2.04 bits per heavy atom. The number of likely N-dealkylation sites (tertiary alicyclic amines) is 1. The number of halogens is 1. The monoisotopic (exact) mass is 370 g/mol. The van der Waals surface area contributed by atoms with Gasteiger partial charge in [-0.2, -0.15) is 0 Å². The molecule has 0 aromatic heterocycles. The summed E-state index contributed by atoms with van der Waals surface area (Å²) in [5, 5.41) is 3.03. The number of hydrogen-bond donors (Lipinski definition) is 1. The number of amides is 2. The van der Waals surface area contributed by atoms with Crippen LogP contribution >= 0.6 is 0 Å². The van der Waals surface area contributed by atoms with Crippen LogP contribution in [0.25, 0.3) is 0 Å². The van der Waals surface area contributed by atoms with E-state index in [9.17, 15) is 14.0 Å². The first-order chi connectivity index (χ1) is 13.1. The molecule has 1 heterocycles. The molecule has 1 aromatic carbocycles. The molecule has 3 aliphatic rings. The lowest BCUT2D eigenvalue weighted by Gasteiger charge is -2.48. The number of carbonyl (C=O) groups is 2. The molecular weight excluding hydrogens is 343 g/mol. The van der Waals surface area contributed by atoms with Gasteiger partial charge in [-0.1, -0.05) is 31.1 Å². The Bertz CT molecular complexity index is 769. The van der Waals surface area contributed by atoms with Gasteiger partial charge in [-0.25, -0.2) is 4.39 Å². The highest BCUT2D eigenvalue weighted by Gasteiger charge is 2.51. The third-order valence-corrected chi connectivity index (χ3v) is 6.40. The van der Waals surface area contributed by atoms with Crippen LogP contribution in [0.1, 0.15) is 63.4 Å². The zero-order chi connectivity index (χ0) is 18.9. The van der Waals surface area contributed by atoms with Crippen LogP contribution in [0.15, 0.2) is 36.0 Å². The van der Waals surface area contributed by atoms with Crippen molar-refractivity contribution >= 4 is 11.8 Å². The second-order valence-corrected chi connectivity index (χ2v) is 8.08. The molecule has 2 fully saturated rings. The largest absolute Gasteiger partial charge is 0.351 e. The predicted octanol–water partition coefficient (Wildman–Crippen LogP) is 4.06. The van der Waals surface area contributed by atoms with Gasteiger partial charge in [0.25, 0.3) is 0 Å². The summed E-state index contributed by atoms with van der Waals surface area (Å²) in [6.07, 6.45) is 10.2. The maximum atomic E-state index is 13.4. The van der Waals surface area contributed by atoms with E-state index in [1.54, 1.807) is 6.07 Å². The van der Waals surface area contributed by atoms with Crippen molar-refractivity contribution in [1.82, 2.24) is 10.2 Å². The first-order valence-electron chi connectivity index (χ1n) is 10.2. The normalized spacial score (nSPS) is 25.9. The van der Waals surface area contributed by atoms with Crippen LogP contribution in [0.5, 0.6) is 0 Å². The summed E-state index contributed by atoms with van der Waals surface area (Å²) in [4.78, 5) is 28.0. The van der Waals surface area contributed by atoms with Crippen LogP contribution in [0, 0.1) is 11.2 Å². The molecule has 0 spiro atoms. The van der Waals surface area contributed by atoms with Crippen molar-refractivity contribution < 1.29 is 14.0 Å². The molecule has 1 atom stereocenters. The molecule has 1 aliphatic heterocycles. The minimum absolute atomic E-state index is 0.0202. The topological polar surface area (TPSA) is 49.4 Å². The van der Waals surface area contributed by atoms with Crippen molar-refractivity contribution in [3.8, 4) is 0 Å². The first-order valence-corrected chi connectivity index (χ1v) is 10.2. The molecule has 1 N–H and O–H groups in total. The van der Waals surface area contributed by atoms with Crippen LogP contribution in [-0.4, -0.2) is 22.8 Å². The zero-order valence-electron chi connectivity index (χ0n) is 15.7. The number of rotatable bonds is 4. The van der Waals surface area contributed by atoms with E-state index in [0.717, 1.165) is 56.2 Å². The van der Waals surface area contributed by atoms with Gasteiger partial charge in [0, 0.05) is 24.7 Å². The summed E-state index contributed by atoms with van der Waals surface area (Å²) >= 11 is 0. The maximum absolute atomic E-state index is 13.4. The minimum Gasteiger partial charge on any atom is -0.351 e. The minimum atomic E-state index is -0.609. The highest BCUT2D eigenvalue weighted by Crippen LogP contribution is 2.49. The van der Waals surface area contributed by atoms with E-state index in [2.05, 4.69) is 11.4 Å². The number of hydrogen-bond acceptors (Lipinski definition) is 2. The van der Waals surface area contributed by atoms with E-state index >= 15 is 0 Å². The second-order valence-electron chi connectivity index (χ2n) is 8.08. The Labute approximate surface area is 159 Å². The Hall–Kier alpha value is -2.17. The van der Waals surface area contributed by atoms with Crippen molar-refractivity contribution in [2.45, 2.75) is 70.4 Å². The number of nitrogens with zero attached hydrogens (tertiary/aromatic N) is 1. The van der Waals surface area contributed by atoms with Crippen LogP contribution in [0.3, 0.4) is 0 Å². The fraction of sp³-hybridized carbons (Fsp3) is 0.545. The number of carbonyl (C=O) groups excluding carboxylic acids is 2. The first kappa shape index (κ1) is 18.2. The molecule has 5 heteroatoms. The maximum Gasteiger partial charge on any atom is 0.232 e. The van der Waals surface area contributed by atoms with Gasteiger partial charge in [0.2, 0.25) is 11.8 Å². The van der Waals surface area contributed by atoms with Gasteiger partial charge >= 0.3 is 0 Å². The molecule has 2 amide bonds. The standard InChI is InChI=1S/C22H27FN2O2/c23-17-7-5-6-16(14-17)15-24-21(27)22-12-4-3-10-19(22)25(20(26)11-13-22)18-8-1-2-9-18/h5-7,10,14,18H,1-4,8-9,11-13,15H2,(H,24,27). The van der Waals surface area contributed by atoms with Crippen molar-refractivity contribution in [3.05, 3.63) is 47.4 Å². The summed E-state index contributed by atoms with van der Waals surface area (Å²) in [5.74, 6) is -0.148. The molecule has 1 unspecified atom stereocenters. The lowest BCUT2D eigenvalue weighted by Crippen LogP contribution is -2.55. The SMILES string of the molecule is O=C1CCC2(C(=O)NCc3cccc(F)c3)CCCC=C2N1C1CCCC1. The molecule has 2 aliphatic carbocycles. The molecule has 144 valence electrons. The van der Waals surface area contributed by atoms with Gasteiger partial charge in [0.1, 0.15) is 5.82 Å². The van der Waals surface area contributed by atoms with Gasteiger partial charge in [-0.05, 0) is 56.2 Å². The predicted molar refractivity (Wildman–Crippen MR) is 101 cm³/mol. The fourth-order valence-corrected chi connectivity index (χ4v) is 5.03. The van der Waals surface area contributed by atoms with E-state index < -0.39 is 5.41 Å². The lowest BCUT2D eigenvalue weighted by atomic mass is 9.68. The number of benzene rings is 1. The Kier molecular flexibility index (Phi) is 5.02. The van der Waals surface area contributed by atoms with E-state index in [0.29, 0.717) is 19.4 Å². The number of nitrogens with one attached hydrogen (secondary N) is 1. The average Bonchev–Trinajstić information content (AvgIpc) is 3.20. The summed E-state index contributed by atoms with van der Waals surface area (Å²) in [7, 11) is 0. The van der Waals surface area contributed by atoms with Gasteiger partial charge in [-0.3, -0.25) is 9.59 Å². The third kappa shape index (κ3) is 3.40. The van der Waals surface area contributed by atoms with E-state index in [4.69, 9.17) is 0 Å². The molecule has 0 radical (unpaired) electrons. The van der Waals surface area contributed by atoms with Gasteiger partial charge in [-0.15, -0.1) is 0 Å². The van der Waals surface area contributed by atoms with E-state index in [-0.39, 0.29) is 23.7 Å². The van der Waals surface area contributed by atoms with Gasteiger partial charge < -0.3 is 10.2 Å². The Morgan fingerprint density at radius 1 is 1.22 bits per heavy atom. The molecule has 1 saturated heterocycles. The van der Waals surface area contributed by atoms with Crippen LogP contribution < -0.4 is 5.32 Å². The van der Waals surface area contributed by atoms with Crippen molar-refractivity contribution in [2.24, 2.45) is 5.41 Å². The van der Waals surface area contributed by atoms with Crippen molar-refractivity contribution in [2.75, 3.05) is 0 Å². The van der Waals surface area contributed by atoms with E-state index in [1.807, 2.05) is 11.0 Å². The molecule has 27 heavy (non-hydrogen) atoms. The molecule has 1 saturated carbocycles. The zero-order valence-corrected chi connectivity index (χ0v) is 15.7. The number of fused-ring (bicyclic) bond motifs is 1. The summed E-state index contributed by atoms with van der Waals surface area (Å²) in [5.41, 5.74) is 1.08. The summed E-state index contributed by atoms with van der Waals surface area (Å²) < 4.78 is 13.4. The second kappa shape index (κ2) is 7.45. The van der Waals surface area contributed by atoms with E-state index in [1.165, 1.54) is 12.1 Å². The summed E-state index contributed by atoms with van der Waals surface area (Å²) in [6, 6.07) is 6.57. The highest BCUT2D eigenvalue weighted by molar-refractivity contribution is 5.91. The van der Waals surface area contributed by atoms with Crippen molar-refractivity contribution in [3.63, 3.8) is 0 Å². The number of allylic oxidation sites excluding steroid dienone is 1. The molecule has 4 rings (SSSR count). The Balaban J connectivity index is 1.57. The smallest absolute Gasteiger partial charge is 0.232 e. The Morgan fingerprint density at radius 3 is 2.81 bits per heavy atom. The average molecular weight is 370 g/mol. The molecule has 0 bridgehead atoms.